The van der Waals surface area contributed by atoms with Crippen molar-refractivity contribution in [2.24, 2.45) is 5.92 Å². The van der Waals surface area contributed by atoms with E-state index in [9.17, 15) is 13.2 Å². The van der Waals surface area contributed by atoms with E-state index in [4.69, 9.17) is 4.74 Å². The molecule has 0 radical (unpaired) electrons. The molecule has 0 unspecified atom stereocenters. The number of carbonyl (C=O) groups excluding carboxylic acids is 1. The van der Waals surface area contributed by atoms with Crippen LogP contribution in [-0.2, 0) is 26.3 Å². The van der Waals surface area contributed by atoms with Crippen molar-refractivity contribution in [1.29, 1.82) is 0 Å². The number of hydrogen-bond donors (Lipinski definition) is 1. The smallest absolute Gasteiger partial charge is 0.282 e. The summed E-state index contributed by atoms with van der Waals surface area (Å²) in [6.45, 7) is 9.24. The van der Waals surface area contributed by atoms with Crippen LogP contribution in [-0.4, -0.2) is 111 Å². The zero-order chi connectivity index (χ0) is 23.8. The summed E-state index contributed by atoms with van der Waals surface area (Å²) in [6, 6.07) is 10.6. The minimum atomic E-state index is -3.52. The minimum Gasteiger partial charge on any atom is -0.379 e. The highest BCUT2D eigenvalue weighted by molar-refractivity contribution is 7.86. The third-order valence-electron chi connectivity index (χ3n) is 7.04. The third-order valence-corrected chi connectivity index (χ3v) is 9.04. The van der Waals surface area contributed by atoms with Gasteiger partial charge in [0.15, 0.2) is 0 Å². The van der Waals surface area contributed by atoms with Crippen molar-refractivity contribution in [2.75, 3.05) is 78.7 Å². The van der Waals surface area contributed by atoms with E-state index in [-0.39, 0.29) is 18.4 Å². The topological polar surface area (TPSA) is 85.4 Å². The van der Waals surface area contributed by atoms with E-state index in [0.717, 1.165) is 58.5 Å². The van der Waals surface area contributed by atoms with Crippen molar-refractivity contribution < 1.29 is 17.9 Å². The number of piperazine rings is 1. The summed E-state index contributed by atoms with van der Waals surface area (Å²) in [5.74, 6) is -0.291. The Balaban J connectivity index is 1.13. The van der Waals surface area contributed by atoms with E-state index in [1.807, 2.05) is 0 Å². The van der Waals surface area contributed by atoms with Gasteiger partial charge in [0.1, 0.15) is 0 Å². The first-order valence-electron chi connectivity index (χ1n) is 12.6. The van der Waals surface area contributed by atoms with Crippen molar-refractivity contribution in [2.45, 2.75) is 25.8 Å². The SMILES string of the molecule is O=C(NCCCN1CCN(Cc2ccccc2)CC1)[C@@H]1CCCN(S(=O)(=O)N2CCOCC2)C1. The number of morpholine rings is 1. The highest BCUT2D eigenvalue weighted by atomic mass is 32.2. The van der Waals surface area contributed by atoms with Crippen LogP contribution in [0.15, 0.2) is 30.3 Å². The third kappa shape index (κ3) is 6.99. The standard InChI is InChI=1S/C24H39N5O4S/c30-24(23-8-4-11-29(21-23)34(31,32)28-16-18-33-19-17-28)25-9-5-10-26-12-14-27(15-13-26)20-22-6-2-1-3-7-22/h1-3,6-7,23H,4-5,8-21H2,(H,25,30)/t23-/m1/s1. The summed E-state index contributed by atoms with van der Waals surface area (Å²) in [7, 11) is -3.52. The van der Waals surface area contributed by atoms with Crippen molar-refractivity contribution in [3.8, 4) is 0 Å². The quantitative estimate of drug-likeness (QED) is 0.507. The predicted molar refractivity (Wildman–Crippen MR) is 131 cm³/mol. The molecular weight excluding hydrogens is 454 g/mol. The van der Waals surface area contributed by atoms with E-state index >= 15 is 0 Å². The first-order chi connectivity index (χ1) is 16.5. The van der Waals surface area contributed by atoms with E-state index in [2.05, 4.69) is 45.4 Å². The van der Waals surface area contributed by atoms with Crippen LogP contribution in [0.5, 0.6) is 0 Å². The van der Waals surface area contributed by atoms with Gasteiger partial charge in [0.2, 0.25) is 5.91 Å². The highest BCUT2D eigenvalue weighted by Crippen LogP contribution is 2.22. The lowest BCUT2D eigenvalue weighted by Crippen LogP contribution is -2.53. The van der Waals surface area contributed by atoms with Gasteiger partial charge < -0.3 is 15.0 Å². The molecule has 0 saturated carbocycles. The van der Waals surface area contributed by atoms with Crippen LogP contribution in [0.1, 0.15) is 24.8 Å². The number of carbonyl (C=O) groups is 1. The maximum Gasteiger partial charge on any atom is 0.282 e. The van der Waals surface area contributed by atoms with Gasteiger partial charge in [-0.25, -0.2) is 0 Å². The van der Waals surface area contributed by atoms with Gasteiger partial charge in [-0.15, -0.1) is 0 Å². The van der Waals surface area contributed by atoms with Crippen molar-refractivity contribution >= 4 is 16.1 Å². The molecule has 3 aliphatic heterocycles. The molecule has 9 nitrogen and oxygen atoms in total. The molecule has 0 spiro atoms. The van der Waals surface area contributed by atoms with Crippen LogP contribution in [0.25, 0.3) is 0 Å². The molecule has 1 N–H and O–H groups in total. The number of ether oxygens (including phenoxy) is 1. The Morgan fingerprint density at radius 1 is 0.941 bits per heavy atom. The summed E-state index contributed by atoms with van der Waals surface area (Å²) >= 11 is 0. The number of nitrogens with one attached hydrogen (secondary N) is 1. The second kappa shape index (κ2) is 12.4. The molecule has 10 heteroatoms. The number of amides is 1. The summed E-state index contributed by atoms with van der Waals surface area (Å²) in [5, 5.41) is 3.05. The first-order valence-corrected chi connectivity index (χ1v) is 14.0. The summed E-state index contributed by atoms with van der Waals surface area (Å²) in [6.07, 6.45) is 2.37. The summed E-state index contributed by atoms with van der Waals surface area (Å²) < 4.78 is 34.1. The van der Waals surface area contributed by atoms with Gasteiger partial charge in [-0.2, -0.15) is 17.0 Å². The lowest BCUT2D eigenvalue weighted by molar-refractivity contribution is -0.126. The largest absolute Gasteiger partial charge is 0.379 e. The van der Waals surface area contributed by atoms with Gasteiger partial charge in [-0.1, -0.05) is 30.3 Å². The van der Waals surface area contributed by atoms with Crippen LogP contribution in [0, 0.1) is 5.92 Å². The van der Waals surface area contributed by atoms with Crippen LogP contribution >= 0.6 is 0 Å². The fourth-order valence-electron chi connectivity index (χ4n) is 4.98. The average molecular weight is 494 g/mol. The second-order valence-electron chi connectivity index (χ2n) is 9.46. The maximum absolute atomic E-state index is 12.9. The normalized spacial score (nSPS) is 24.2. The zero-order valence-electron chi connectivity index (χ0n) is 20.1. The van der Waals surface area contributed by atoms with Crippen LogP contribution in [0.4, 0.5) is 0 Å². The number of hydrogen-bond acceptors (Lipinski definition) is 6. The van der Waals surface area contributed by atoms with Crippen molar-refractivity contribution in [3.05, 3.63) is 35.9 Å². The molecule has 3 fully saturated rings. The van der Waals surface area contributed by atoms with E-state index in [1.54, 1.807) is 0 Å². The van der Waals surface area contributed by atoms with E-state index < -0.39 is 10.2 Å². The highest BCUT2D eigenvalue weighted by Gasteiger charge is 2.36. The summed E-state index contributed by atoms with van der Waals surface area (Å²) in [5.41, 5.74) is 1.36. The van der Waals surface area contributed by atoms with Gasteiger partial charge in [-0.05, 0) is 31.4 Å². The Morgan fingerprint density at radius 2 is 1.65 bits per heavy atom. The molecule has 0 aliphatic carbocycles. The second-order valence-corrected chi connectivity index (χ2v) is 11.4. The Hall–Kier alpha value is -1.56. The first kappa shape index (κ1) is 25.5. The Bertz CT molecular complexity index is 871. The number of rotatable bonds is 9. The molecular formula is C24H39N5O4S. The molecule has 1 aromatic carbocycles. The molecule has 1 atom stereocenters. The fourth-order valence-corrected chi connectivity index (χ4v) is 6.64. The van der Waals surface area contributed by atoms with Crippen molar-refractivity contribution in [3.63, 3.8) is 0 Å². The number of benzene rings is 1. The maximum atomic E-state index is 12.9. The fraction of sp³-hybridized carbons (Fsp3) is 0.708. The van der Waals surface area contributed by atoms with Gasteiger partial charge in [0, 0.05) is 65.4 Å². The van der Waals surface area contributed by atoms with Crippen LogP contribution in [0.2, 0.25) is 0 Å². The van der Waals surface area contributed by atoms with E-state index in [1.165, 1.54) is 14.2 Å². The van der Waals surface area contributed by atoms with Gasteiger partial charge in [0.05, 0.1) is 19.1 Å². The van der Waals surface area contributed by atoms with Gasteiger partial charge >= 0.3 is 0 Å². The molecule has 3 heterocycles. The molecule has 0 aromatic heterocycles. The Morgan fingerprint density at radius 3 is 2.38 bits per heavy atom. The molecule has 34 heavy (non-hydrogen) atoms. The molecule has 3 aliphatic rings. The monoisotopic (exact) mass is 493 g/mol. The molecule has 1 aromatic rings. The van der Waals surface area contributed by atoms with Crippen LogP contribution in [0.3, 0.4) is 0 Å². The minimum absolute atomic E-state index is 0.0189. The summed E-state index contributed by atoms with van der Waals surface area (Å²) in [4.78, 5) is 17.7. The predicted octanol–water partition coefficient (Wildman–Crippen LogP) is 0.600. The lowest BCUT2D eigenvalue weighted by atomic mass is 9.99. The zero-order valence-corrected chi connectivity index (χ0v) is 20.9. The molecule has 1 amide bonds. The average Bonchev–Trinajstić information content (AvgIpc) is 2.88. The van der Waals surface area contributed by atoms with Gasteiger partial charge in [-0.3, -0.25) is 9.69 Å². The molecule has 3 saturated heterocycles. The van der Waals surface area contributed by atoms with E-state index in [0.29, 0.717) is 39.4 Å². The van der Waals surface area contributed by atoms with Crippen LogP contribution < -0.4 is 5.32 Å². The Kier molecular flexibility index (Phi) is 9.32. The van der Waals surface area contributed by atoms with Gasteiger partial charge in [0.25, 0.3) is 10.2 Å². The molecule has 4 rings (SSSR count). The number of nitrogens with zero attached hydrogens (tertiary/aromatic N) is 4. The Labute approximate surface area is 204 Å². The number of piperidine rings is 1. The van der Waals surface area contributed by atoms with Crippen molar-refractivity contribution in [1.82, 2.24) is 23.7 Å². The lowest BCUT2D eigenvalue weighted by Gasteiger charge is -2.36. The molecule has 190 valence electrons. The molecule has 0 bridgehead atoms.